The van der Waals surface area contributed by atoms with Gasteiger partial charge in [-0.05, 0) is 45.7 Å². The summed E-state index contributed by atoms with van der Waals surface area (Å²) in [5.41, 5.74) is 0. The molecule has 5 nitrogen and oxygen atoms in total. The van der Waals surface area contributed by atoms with Gasteiger partial charge in [0.2, 0.25) is 5.91 Å². The molecule has 1 saturated carbocycles. The van der Waals surface area contributed by atoms with Crippen molar-refractivity contribution in [3.05, 3.63) is 0 Å². The summed E-state index contributed by atoms with van der Waals surface area (Å²) in [7, 11) is 4.05. The molecule has 1 aliphatic rings. The number of nitrogens with zero attached hydrogens (tertiary/aromatic N) is 1. The summed E-state index contributed by atoms with van der Waals surface area (Å²) in [5, 5.41) is 12.0. The molecule has 0 saturated heterocycles. The van der Waals surface area contributed by atoms with Gasteiger partial charge in [0.05, 0.1) is 5.92 Å². The lowest BCUT2D eigenvalue weighted by atomic mass is 10.0. The highest BCUT2D eigenvalue weighted by molar-refractivity contribution is 5.80. The summed E-state index contributed by atoms with van der Waals surface area (Å²) >= 11 is 0. The number of carbonyl (C=O) groups excluding carboxylic acids is 1. The largest absolute Gasteiger partial charge is 0.481 e. The standard InChI is InChI=1S/C15H28N2O3/c1-10(2)7-13(17(3)4)9-16-14(18)11-5-6-12(8-11)15(19)20/h10-13H,5-9H2,1-4H3,(H,16,18)(H,19,20). The molecule has 1 amide bonds. The van der Waals surface area contributed by atoms with Gasteiger partial charge in [-0.3, -0.25) is 9.59 Å². The van der Waals surface area contributed by atoms with E-state index in [0.29, 0.717) is 37.8 Å². The molecule has 0 radical (unpaired) electrons. The Bertz CT molecular complexity index is 342. The molecule has 116 valence electrons. The van der Waals surface area contributed by atoms with E-state index < -0.39 is 5.97 Å². The Balaban J connectivity index is 2.40. The van der Waals surface area contributed by atoms with Gasteiger partial charge in [-0.1, -0.05) is 13.8 Å². The van der Waals surface area contributed by atoms with Crippen molar-refractivity contribution >= 4 is 11.9 Å². The third-order valence-electron chi connectivity index (χ3n) is 4.14. The molecule has 0 bridgehead atoms. The van der Waals surface area contributed by atoms with E-state index in [1.807, 2.05) is 14.1 Å². The SMILES string of the molecule is CC(C)CC(CNC(=O)C1CCC(C(=O)O)C1)N(C)C. The van der Waals surface area contributed by atoms with Crippen molar-refractivity contribution in [2.24, 2.45) is 17.8 Å². The van der Waals surface area contributed by atoms with E-state index in [2.05, 4.69) is 24.1 Å². The highest BCUT2D eigenvalue weighted by Crippen LogP contribution is 2.31. The maximum absolute atomic E-state index is 12.1. The van der Waals surface area contributed by atoms with E-state index in [9.17, 15) is 9.59 Å². The van der Waals surface area contributed by atoms with E-state index in [4.69, 9.17) is 5.11 Å². The summed E-state index contributed by atoms with van der Waals surface area (Å²) in [6.07, 6.45) is 2.84. The Morgan fingerprint density at radius 3 is 2.30 bits per heavy atom. The summed E-state index contributed by atoms with van der Waals surface area (Å²) in [4.78, 5) is 25.1. The highest BCUT2D eigenvalue weighted by Gasteiger charge is 2.33. The van der Waals surface area contributed by atoms with Gasteiger partial charge >= 0.3 is 5.97 Å². The fourth-order valence-corrected chi connectivity index (χ4v) is 2.83. The van der Waals surface area contributed by atoms with Crippen LogP contribution in [-0.2, 0) is 9.59 Å². The molecule has 0 aromatic heterocycles. The maximum Gasteiger partial charge on any atom is 0.306 e. The molecule has 0 aromatic rings. The van der Waals surface area contributed by atoms with E-state index in [0.717, 1.165) is 6.42 Å². The number of hydrogen-bond donors (Lipinski definition) is 2. The Hall–Kier alpha value is -1.10. The van der Waals surface area contributed by atoms with E-state index in [1.54, 1.807) is 0 Å². The number of carboxylic acids is 1. The zero-order valence-corrected chi connectivity index (χ0v) is 13.1. The summed E-state index contributed by atoms with van der Waals surface area (Å²) in [6.45, 7) is 4.98. The smallest absolute Gasteiger partial charge is 0.306 e. The second kappa shape index (κ2) is 7.62. The minimum atomic E-state index is -0.772. The molecule has 5 heteroatoms. The molecule has 0 aliphatic heterocycles. The number of hydrogen-bond acceptors (Lipinski definition) is 3. The van der Waals surface area contributed by atoms with Crippen LogP contribution in [0.25, 0.3) is 0 Å². The first-order valence-electron chi connectivity index (χ1n) is 7.48. The fraction of sp³-hybridized carbons (Fsp3) is 0.867. The van der Waals surface area contributed by atoms with E-state index >= 15 is 0 Å². The van der Waals surface area contributed by atoms with Crippen molar-refractivity contribution in [3.8, 4) is 0 Å². The van der Waals surface area contributed by atoms with Crippen LogP contribution >= 0.6 is 0 Å². The molecule has 3 unspecified atom stereocenters. The predicted octanol–water partition coefficient (Wildman–Crippen LogP) is 1.58. The number of rotatable bonds is 7. The lowest BCUT2D eigenvalue weighted by Crippen LogP contribution is -2.42. The fourth-order valence-electron chi connectivity index (χ4n) is 2.83. The van der Waals surface area contributed by atoms with Crippen LogP contribution in [-0.4, -0.2) is 48.6 Å². The molecule has 20 heavy (non-hydrogen) atoms. The van der Waals surface area contributed by atoms with Crippen molar-refractivity contribution < 1.29 is 14.7 Å². The number of nitrogens with one attached hydrogen (secondary N) is 1. The van der Waals surface area contributed by atoms with Crippen molar-refractivity contribution in [2.75, 3.05) is 20.6 Å². The second-order valence-corrected chi connectivity index (χ2v) is 6.54. The van der Waals surface area contributed by atoms with Crippen molar-refractivity contribution in [1.29, 1.82) is 0 Å². The predicted molar refractivity (Wildman–Crippen MR) is 78.4 cm³/mol. The molecule has 0 spiro atoms. The van der Waals surface area contributed by atoms with E-state index in [-0.39, 0.29) is 17.7 Å². The average Bonchev–Trinajstić information content (AvgIpc) is 2.82. The minimum absolute atomic E-state index is 0.0179. The number of aliphatic carboxylic acids is 1. The first-order chi connectivity index (χ1) is 9.31. The quantitative estimate of drug-likeness (QED) is 0.744. The molecule has 2 N–H and O–H groups in total. The van der Waals surface area contributed by atoms with Crippen LogP contribution < -0.4 is 5.32 Å². The average molecular weight is 284 g/mol. The molecule has 0 heterocycles. The van der Waals surface area contributed by atoms with Crippen LogP contribution in [0.4, 0.5) is 0 Å². The van der Waals surface area contributed by atoms with Gasteiger partial charge in [0.25, 0.3) is 0 Å². The van der Waals surface area contributed by atoms with Gasteiger partial charge in [0, 0.05) is 18.5 Å². The van der Waals surface area contributed by atoms with Crippen LogP contribution in [0.3, 0.4) is 0 Å². The van der Waals surface area contributed by atoms with Gasteiger partial charge in [-0.25, -0.2) is 0 Å². The van der Waals surface area contributed by atoms with Crippen LogP contribution in [0.5, 0.6) is 0 Å². The molecule has 1 aliphatic carbocycles. The number of amides is 1. The Morgan fingerprint density at radius 1 is 1.25 bits per heavy atom. The molecule has 3 atom stereocenters. The van der Waals surface area contributed by atoms with Crippen molar-refractivity contribution in [1.82, 2.24) is 10.2 Å². The van der Waals surface area contributed by atoms with Gasteiger partial charge in [0.15, 0.2) is 0 Å². The number of likely N-dealkylation sites (N-methyl/N-ethyl adjacent to an activating group) is 1. The van der Waals surface area contributed by atoms with Crippen LogP contribution in [0, 0.1) is 17.8 Å². The first kappa shape index (κ1) is 17.0. The maximum atomic E-state index is 12.1. The summed E-state index contributed by atoms with van der Waals surface area (Å²) in [5.74, 6) is -0.637. The van der Waals surface area contributed by atoms with Crippen LogP contribution in [0.15, 0.2) is 0 Å². The third-order valence-corrected chi connectivity index (χ3v) is 4.14. The molecular weight excluding hydrogens is 256 g/mol. The normalized spacial score (nSPS) is 24.1. The Labute approximate surface area is 121 Å². The third kappa shape index (κ3) is 5.12. The molecule has 0 aromatic carbocycles. The first-order valence-corrected chi connectivity index (χ1v) is 7.48. The minimum Gasteiger partial charge on any atom is -0.481 e. The van der Waals surface area contributed by atoms with Crippen LogP contribution in [0.1, 0.15) is 39.5 Å². The second-order valence-electron chi connectivity index (χ2n) is 6.54. The van der Waals surface area contributed by atoms with Gasteiger partial charge in [-0.2, -0.15) is 0 Å². The topological polar surface area (TPSA) is 69.6 Å². The van der Waals surface area contributed by atoms with Gasteiger partial charge < -0.3 is 15.3 Å². The van der Waals surface area contributed by atoms with Crippen LogP contribution in [0.2, 0.25) is 0 Å². The number of carboxylic acid groups (broad SMARTS) is 1. The zero-order valence-electron chi connectivity index (χ0n) is 13.1. The molecule has 1 rings (SSSR count). The molecular formula is C15H28N2O3. The lowest BCUT2D eigenvalue weighted by molar-refractivity contribution is -0.141. The highest BCUT2D eigenvalue weighted by atomic mass is 16.4. The summed E-state index contributed by atoms with van der Waals surface area (Å²) < 4.78 is 0. The number of carbonyl (C=O) groups is 2. The Morgan fingerprint density at radius 2 is 1.85 bits per heavy atom. The van der Waals surface area contributed by atoms with Gasteiger partial charge in [-0.15, -0.1) is 0 Å². The lowest BCUT2D eigenvalue weighted by Gasteiger charge is -2.26. The van der Waals surface area contributed by atoms with Crippen molar-refractivity contribution in [3.63, 3.8) is 0 Å². The monoisotopic (exact) mass is 284 g/mol. The van der Waals surface area contributed by atoms with E-state index in [1.165, 1.54) is 0 Å². The summed E-state index contributed by atoms with van der Waals surface area (Å²) in [6, 6.07) is 0.329. The zero-order chi connectivity index (χ0) is 15.3. The van der Waals surface area contributed by atoms with Crippen molar-refractivity contribution in [2.45, 2.75) is 45.6 Å². The Kier molecular flexibility index (Phi) is 6.46. The molecule has 1 fully saturated rings. The van der Waals surface area contributed by atoms with Gasteiger partial charge in [0.1, 0.15) is 0 Å².